The number of aldehydes is 2. The van der Waals surface area contributed by atoms with Crippen LogP contribution in [0.15, 0.2) is 0 Å². The number of Topliss-reactive ketones (excluding diaryl/α,β-unsaturated/α-hetero) is 1. The van der Waals surface area contributed by atoms with Gasteiger partial charge in [0.25, 0.3) is 0 Å². The molecular formula is C17H32N4O3. The van der Waals surface area contributed by atoms with E-state index in [1.54, 1.807) is 6.92 Å². The molecule has 1 aliphatic heterocycles. The molecule has 7 heteroatoms. The molecule has 7 nitrogen and oxygen atoms in total. The summed E-state index contributed by atoms with van der Waals surface area (Å²) in [4.78, 5) is 42.1. The van der Waals surface area contributed by atoms with Gasteiger partial charge in [0.05, 0.1) is 19.6 Å². The average molecular weight is 340 g/mol. The van der Waals surface area contributed by atoms with E-state index < -0.39 is 0 Å². The average Bonchev–Trinajstić information content (AvgIpc) is 2.54. The number of nitrogens with zero attached hydrogens (tertiary/aromatic N) is 4. The molecule has 138 valence electrons. The Morgan fingerprint density at radius 3 is 1.46 bits per heavy atom. The second-order valence-electron chi connectivity index (χ2n) is 6.35. The Kier molecular flexibility index (Phi) is 10.7. The second kappa shape index (κ2) is 12.2. The number of hydrogen-bond acceptors (Lipinski definition) is 7. The maximum absolute atomic E-state index is 11.5. The van der Waals surface area contributed by atoms with E-state index in [1.807, 2.05) is 0 Å². The fraction of sp³-hybridized carbons (Fsp3) is 0.824. The van der Waals surface area contributed by atoms with Gasteiger partial charge in [-0.1, -0.05) is 6.92 Å². The van der Waals surface area contributed by atoms with Gasteiger partial charge in [-0.25, -0.2) is 0 Å². The van der Waals surface area contributed by atoms with Gasteiger partial charge in [0.2, 0.25) is 0 Å². The highest BCUT2D eigenvalue weighted by molar-refractivity contribution is 5.77. The molecule has 1 fully saturated rings. The summed E-state index contributed by atoms with van der Waals surface area (Å²) in [6, 6.07) is 0. The molecule has 0 atom stereocenters. The summed E-state index contributed by atoms with van der Waals surface area (Å²) in [5.74, 6) is 0.142. The van der Waals surface area contributed by atoms with Crippen LogP contribution in [0.4, 0.5) is 0 Å². The van der Waals surface area contributed by atoms with Gasteiger partial charge in [-0.15, -0.1) is 0 Å². The van der Waals surface area contributed by atoms with Crippen molar-refractivity contribution in [3.63, 3.8) is 0 Å². The van der Waals surface area contributed by atoms with E-state index in [-0.39, 0.29) is 5.78 Å². The van der Waals surface area contributed by atoms with Crippen molar-refractivity contribution in [2.45, 2.75) is 13.8 Å². The van der Waals surface area contributed by atoms with Gasteiger partial charge in [-0.3, -0.25) is 19.5 Å². The van der Waals surface area contributed by atoms with Crippen molar-refractivity contribution in [3.05, 3.63) is 0 Å². The molecule has 24 heavy (non-hydrogen) atoms. The number of carbonyl (C=O) groups is 3. The van der Waals surface area contributed by atoms with Crippen LogP contribution in [-0.4, -0.2) is 116 Å². The zero-order chi connectivity index (χ0) is 17.8. The molecular weight excluding hydrogens is 308 g/mol. The van der Waals surface area contributed by atoms with E-state index in [2.05, 4.69) is 26.5 Å². The Bertz CT molecular complexity index is 366. The number of carbonyl (C=O) groups excluding carboxylic acids is 3. The molecule has 1 heterocycles. The van der Waals surface area contributed by atoms with Gasteiger partial charge in [-0.2, -0.15) is 0 Å². The highest BCUT2D eigenvalue weighted by atomic mass is 16.1. The van der Waals surface area contributed by atoms with Crippen LogP contribution in [-0.2, 0) is 14.4 Å². The van der Waals surface area contributed by atoms with Crippen molar-refractivity contribution in [2.75, 3.05) is 78.5 Å². The SMILES string of the molecule is CCN1CCN(CC=O)CCN(CC(C)=O)CCN(CC=O)CC1. The molecule has 0 saturated carbocycles. The maximum atomic E-state index is 11.5. The molecule has 0 radical (unpaired) electrons. The van der Waals surface area contributed by atoms with E-state index in [9.17, 15) is 14.4 Å². The molecule has 0 aromatic carbocycles. The van der Waals surface area contributed by atoms with Gasteiger partial charge in [-0.05, 0) is 13.5 Å². The third-order valence-corrected chi connectivity index (χ3v) is 4.49. The van der Waals surface area contributed by atoms with Crippen molar-refractivity contribution in [3.8, 4) is 0 Å². The van der Waals surface area contributed by atoms with Crippen molar-refractivity contribution >= 4 is 18.4 Å². The topological polar surface area (TPSA) is 64.2 Å². The van der Waals surface area contributed by atoms with Gasteiger partial charge in [0, 0.05) is 52.4 Å². The zero-order valence-electron chi connectivity index (χ0n) is 15.2. The summed E-state index contributed by atoms with van der Waals surface area (Å²) in [7, 11) is 0. The highest BCUT2D eigenvalue weighted by Crippen LogP contribution is 2.00. The molecule has 0 aromatic rings. The summed E-state index contributed by atoms with van der Waals surface area (Å²) < 4.78 is 0. The second-order valence-corrected chi connectivity index (χ2v) is 6.35. The van der Waals surface area contributed by atoms with Crippen LogP contribution in [0.1, 0.15) is 13.8 Å². The molecule has 0 bridgehead atoms. The minimum atomic E-state index is 0.142. The number of rotatable bonds is 7. The Morgan fingerprint density at radius 1 is 0.750 bits per heavy atom. The van der Waals surface area contributed by atoms with Crippen LogP contribution in [0, 0.1) is 0 Å². The van der Waals surface area contributed by atoms with Crippen molar-refractivity contribution in [2.24, 2.45) is 0 Å². The molecule has 1 aliphatic rings. The molecule has 0 aliphatic carbocycles. The monoisotopic (exact) mass is 340 g/mol. The Balaban J connectivity index is 2.74. The van der Waals surface area contributed by atoms with Crippen LogP contribution in [0.5, 0.6) is 0 Å². The predicted octanol–water partition coefficient (Wildman–Crippen LogP) is -0.785. The lowest BCUT2D eigenvalue weighted by molar-refractivity contribution is -0.118. The molecule has 1 saturated heterocycles. The summed E-state index contributed by atoms with van der Waals surface area (Å²) in [6.07, 6.45) is 1.90. The first kappa shape index (κ1) is 20.9. The zero-order valence-corrected chi connectivity index (χ0v) is 15.2. The smallest absolute Gasteiger partial charge is 0.143 e. The lowest BCUT2D eigenvalue weighted by Crippen LogP contribution is -2.47. The van der Waals surface area contributed by atoms with Crippen molar-refractivity contribution in [1.82, 2.24) is 19.6 Å². The molecule has 0 N–H and O–H groups in total. The molecule has 0 unspecified atom stereocenters. The van der Waals surface area contributed by atoms with E-state index in [0.29, 0.717) is 19.6 Å². The van der Waals surface area contributed by atoms with Crippen LogP contribution >= 0.6 is 0 Å². The Morgan fingerprint density at radius 2 is 1.12 bits per heavy atom. The van der Waals surface area contributed by atoms with Crippen LogP contribution < -0.4 is 0 Å². The number of likely N-dealkylation sites (N-methyl/N-ethyl adjacent to an activating group) is 1. The largest absolute Gasteiger partial charge is 0.302 e. The first-order valence-corrected chi connectivity index (χ1v) is 8.85. The molecule has 0 spiro atoms. The normalized spacial score (nSPS) is 20.9. The minimum absolute atomic E-state index is 0.142. The Labute approximate surface area is 145 Å². The minimum Gasteiger partial charge on any atom is -0.302 e. The third kappa shape index (κ3) is 8.63. The number of hydrogen-bond donors (Lipinski definition) is 0. The van der Waals surface area contributed by atoms with Gasteiger partial charge in [0.15, 0.2) is 0 Å². The lowest BCUT2D eigenvalue weighted by Gasteiger charge is -2.32. The molecule has 0 aromatic heterocycles. The quantitative estimate of drug-likeness (QED) is 0.563. The third-order valence-electron chi connectivity index (χ3n) is 4.49. The van der Waals surface area contributed by atoms with E-state index >= 15 is 0 Å². The van der Waals surface area contributed by atoms with Gasteiger partial charge >= 0.3 is 0 Å². The lowest BCUT2D eigenvalue weighted by atomic mass is 10.3. The molecule has 0 amide bonds. The fourth-order valence-corrected chi connectivity index (χ4v) is 2.94. The summed E-state index contributed by atoms with van der Waals surface area (Å²) >= 11 is 0. The summed E-state index contributed by atoms with van der Waals surface area (Å²) in [5, 5.41) is 0. The first-order valence-electron chi connectivity index (χ1n) is 8.85. The van der Waals surface area contributed by atoms with E-state index in [0.717, 1.165) is 71.5 Å². The Hall–Kier alpha value is -1.15. The van der Waals surface area contributed by atoms with Crippen LogP contribution in [0.3, 0.4) is 0 Å². The summed E-state index contributed by atoms with van der Waals surface area (Å²) in [6.45, 7) is 12.5. The number of ketones is 1. The first-order chi connectivity index (χ1) is 11.6. The van der Waals surface area contributed by atoms with Gasteiger partial charge in [0.1, 0.15) is 18.4 Å². The summed E-state index contributed by atoms with van der Waals surface area (Å²) in [5.41, 5.74) is 0. The van der Waals surface area contributed by atoms with Crippen LogP contribution in [0.25, 0.3) is 0 Å². The van der Waals surface area contributed by atoms with E-state index in [4.69, 9.17) is 0 Å². The fourth-order valence-electron chi connectivity index (χ4n) is 2.94. The standard InChI is InChI=1S/C17H32N4O3/c1-3-18-4-6-19(12-14-22)8-10-21(16-17(2)24)11-9-20(7-5-18)13-15-23/h14-15H,3-13,16H2,1-2H3. The van der Waals surface area contributed by atoms with Crippen LogP contribution in [0.2, 0.25) is 0 Å². The van der Waals surface area contributed by atoms with Crippen molar-refractivity contribution in [1.29, 1.82) is 0 Å². The van der Waals surface area contributed by atoms with E-state index in [1.165, 1.54) is 0 Å². The molecule has 1 rings (SSSR count). The highest BCUT2D eigenvalue weighted by Gasteiger charge is 2.16. The van der Waals surface area contributed by atoms with Gasteiger partial charge < -0.3 is 14.5 Å². The van der Waals surface area contributed by atoms with Crippen molar-refractivity contribution < 1.29 is 14.4 Å². The maximum Gasteiger partial charge on any atom is 0.143 e. The predicted molar refractivity (Wildman–Crippen MR) is 94.2 cm³/mol.